The number of pyridine rings is 1. The SMILES string of the molecule is Cc1cccc(-c2ncc3c(n2)CCCCC3=O)n1. The summed E-state index contributed by atoms with van der Waals surface area (Å²) in [6.07, 6.45) is 5.07. The Kier molecular flexibility index (Phi) is 3.07. The van der Waals surface area contributed by atoms with Gasteiger partial charge in [-0.3, -0.25) is 4.79 Å². The number of aromatic nitrogens is 3. The summed E-state index contributed by atoms with van der Waals surface area (Å²) >= 11 is 0. The van der Waals surface area contributed by atoms with Gasteiger partial charge in [0, 0.05) is 18.3 Å². The topological polar surface area (TPSA) is 55.7 Å². The number of rotatable bonds is 1. The maximum absolute atomic E-state index is 11.9. The van der Waals surface area contributed by atoms with Crippen LogP contribution in [0.2, 0.25) is 0 Å². The molecule has 19 heavy (non-hydrogen) atoms. The Bertz CT molecular complexity index is 637. The van der Waals surface area contributed by atoms with Crippen molar-refractivity contribution in [2.24, 2.45) is 0 Å². The van der Waals surface area contributed by atoms with Crippen LogP contribution in [0, 0.1) is 6.92 Å². The molecule has 1 aliphatic rings. The molecule has 96 valence electrons. The molecule has 0 radical (unpaired) electrons. The van der Waals surface area contributed by atoms with Crippen LogP contribution in [0.25, 0.3) is 11.5 Å². The van der Waals surface area contributed by atoms with Gasteiger partial charge in [-0.15, -0.1) is 0 Å². The lowest BCUT2D eigenvalue weighted by Crippen LogP contribution is -2.05. The van der Waals surface area contributed by atoms with E-state index < -0.39 is 0 Å². The average molecular weight is 253 g/mol. The summed E-state index contributed by atoms with van der Waals surface area (Å²) in [6.45, 7) is 1.94. The van der Waals surface area contributed by atoms with Gasteiger partial charge in [0.15, 0.2) is 11.6 Å². The van der Waals surface area contributed by atoms with Gasteiger partial charge in [0.05, 0.1) is 11.3 Å². The maximum atomic E-state index is 11.9. The van der Waals surface area contributed by atoms with Crippen LogP contribution >= 0.6 is 0 Å². The molecule has 4 nitrogen and oxygen atoms in total. The molecule has 0 saturated carbocycles. The molecule has 2 aromatic heterocycles. The Morgan fingerprint density at radius 1 is 1.11 bits per heavy atom. The standard InChI is InChI=1S/C15H15N3O/c1-10-5-4-7-13(17-10)15-16-9-11-12(18-15)6-2-3-8-14(11)19/h4-5,7,9H,2-3,6,8H2,1H3. The highest BCUT2D eigenvalue weighted by atomic mass is 16.1. The summed E-state index contributed by atoms with van der Waals surface area (Å²) in [4.78, 5) is 25.2. The fourth-order valence-corrected chi connectivity index (χ4v) is 2.34. The number of aryl methyl sites for hydroxylation is 2. The number of ketones is 1. The van der Waals surface area contributed by atoms with Crippen LogP contribution in [0.4, 0.5) is 0 Å². The summed E-state index contributed by atoms with van der Waals surface area (Å²) in [6, 6.07) is 5.78. The fraction of sp³-hybridized carbons (Fsp3) is 0.333. The smallest absolute Gasteiger partial charge is 0.178 e. The van der Waals surface area contributed by atoms with Crippen LogP contribution in [-0.2, 0) is 6.42 Å². The van der Waals surface area contributed by atoms with Gasteiger partial charge in [-0.2, -0.15) is 0 Å². The van der Waals surface area contributed by atoms with Crippen molar-refractivity contribution in [1.29, 1.82) is 0 Å². The van der Waals surface area contributed by atoms with E-state index in [9.17, 15) is 4.79 Å². The lowest BCUT2D eigenvalue weighted by molar-refractivity contribution is 0.0981. The zero-order chi connectivity index (χ0) is 13.2. The molecule has 2 aromatic rings. The quantitative estimate of drug-likeness (QED) is 0.733. The van der Waals surface area contributed by atoms with Gasteiger partial charge in [0.25, 0.3) is 0 Å². The molecule has 0 N–H and O–H groups in total. The lowest BCUT2D eigenvalue weighted by atomic mass is 10.1. The number of hydrogen-bond donors (Lipinski definition) is 0. The van der Waals surface area contributed by atoms with E-state index in [1.807, 2.05) is 25.1 Å². The van der Waals surface area contributed by atoms with Crippen molar-refractivity contribution in [2.75, 3.05) is 0 Å². The van der Waals surface area contributed by atoms with Gasteiger partial charge >= 0.3 is 0 Å². The molecule has 0 bridgehead atoms. The third kappa shape index (κ3) is 2.38. The van der Waals surface area contributed by atoms with Gasteiger partial charge < -0.3 is 0 Å². The average Bonchev–Trinajstić information content (AvgIpc) is 2.60. The number of carbonyl (C=O) groups excluding carboxylic acids is 1. The first kappa shape index (κ1) is 12.0. The Morgan fingerprint density at radius 3 is 2.79 bits per heavy atom. The minimum absolute atomic E-state index is 0.163. The van der Waals surface area contributed by atoms with E-state index >= 15 is 0 Å². The Balaban J connectivity index is 2.06. The molecule has 4 heteroatoms. The van der Waals surface area contributed by atoms with Crippen LogP contribution in [-0.4, -0.2) is 20.7 Å². The second-order valence-electron chi connectivity index (χ2n) is 4.85. The van der Waals surface area contributed by atoms with Crippen LogP contribution < -0.4 is 0 Å². The molecule has 0 aliphatic heterocycles. The minimum Gasteiger partial charge on any atom is -0.294 e. The fourth-order valence-electron chi connectivity index (χ4n) is 2.34. The summed E-state index contributed by atoms with van der Waals surface area (Å²) in [5, 5.41) is 0. The summed E-state index contributed by atoms with van der Waals surface area (Å²) in [5.41, 5.74) is 3.26. The van der Waals surface area contributed by atoms with Crippen molar-refractivity contribution in [3.63, 3.8) is 0 Å². The molecule has 0 unspecified atom stereocenters. The van der Waals surface area contributed by atoms with Crippen molar-refractivity contribution in [1.82, 2.24) is 15.0 Å². The molecular formula is C15H15N3O. The number of nitrogens with zero attached hydrogens (tertiary/aromatic N) is 3. The van der Waals surface area contributed by atoms with Crippen LogP contribution in [0.1, 0.15) is 41.0 Å². The third-order valence-corrected chi connectivity index (χ3v) is 3.35. The van der Waals surface area contributed by atoms with Gasteiger partial charge in [-0.05, 0) is 38.3 Å². The Hall–Kier alpha value is -2.10. The third-order valence-electron chi connectivity index (χ3n) is 3.35. The van der Waals surface area contributed by atoms with Crippen LogP contribution in [0.3, 0.4) is 0 Å². The highest BCUT2D eigenvalue weighted by molar-refractivity contribution is 5.97. The second kappa shape index (κ2) is 4.88. The van der Waals surface area contributed by atoms with Crippen LogP contribution in [0.15, 0.2) is 24.4 Å². The Labute approximate surface area is 111 Å². The zero-order valence-corrected chi connectivity index (χ0v) is 10.9. The molecule has 3 rings (SSSR count). The monoisotopic (exact) mass is 253 g/mol. The van der Waals surface area contributed by atoms with Gasteiger partial charge in [0.1, 0.15) is 5.69 Å². The highest BCUT2D eigenvalue weighted by Gasteiger charge is 2.18. The Morgan fingerprint density at radius 2 is 1.95 bits per heavy atom. The molecule has 0 amide bonds. The molecule has 0 aromatic carbocycles. The number of hydrogen-bond acceptors (Lipinski definition) is 4. The van der Waals surface area contributed by atoms with Crippen LogP contribution in [0.5, 0.6) is 0 Å². The van der Waals surface area contributed by atoms with E-state index in [2.05, 4.69) is 15.0 Å². The predicted molar refractivity (Wildman–Crippen MR) is 71.9 cm³/mol. The number of fused-ring (bicyclic) bond motifs is 1. The predicted octanol–water partition coefficient (Wildman–Crippen LogP) is 2.76. The van der Waals surface area contributed by atoms with E-state index in [0.717, 1.165) is 36.3 Å². The summed E-state index contributed by atoms with van der Waals surface area (Å²) in [5.74, 6) is 0.772. The van der Waals surface area contributed by atoms with Crippen molar-refractivity contribution in [3.05, 3.63) is 41.3 Å². The van der Waals surface area contributed by atoms with Crippen molar-refractivity contribution < 1.29 is 4.79 Å². The minimum atomic E-state index is 0.163. The normalized spacial score (nSPS) is 14.9. The van der Waals surface area contributed by atoms with E-state index in [1.54, 1.807) is 6.20 Å². The van der Waals surface area contributed by atoms with Gasteiger partial charge in [0.2, 0.25) is 0 Å². The number of carbonyl (C=O) groups is 1. The largest absolute Gasteiger partial charge is 0.294 e. The first-order chi connectivity index (χ1) is 9.24. The first-order valence-corrected chi connectivity index (χ1v) is 6.57. The van der Waals surface area contributed by atoms with Gasteiger partial charge in [-0.25, -0.2) is 15.0 Å². The van der Waals surface area contributed by atoms with Crippen molar-refractivity contribution >= 4 is 5.78 Å². The second-order valence-corrected chi connectivity index (χ2v) is 4.85. The van der Waals surface area contributed by atoms with E-state index in [0.29, 0.717) is 17.8 Å². The van der Waals surface area contributed by atoms with Gasteiger partial charge in [-0.1, -0.05) is 6.07 Å². The van der Waals surface area contributed by atoms with E-state index in [1.165, 1.54) is 0 Å². The molecule has 1 aliphatic carbocycles. The maximum Gasteiger partial charge on any atom is 0.178 e. The molecular weight excluding hydrogens is 238 g/mol. The number of Topliss-reactive ketones (excluding diaryl/α,β-unsaturated/α-hetero) is 1. The van der Waals surface area contributed by atoms with Crippen molar-refractivity contribution in [3.8, 4) is 11.5 Å². The summed E-state index contributed by atoms with van der Waals surface area (Å²) < 4.78 is 0. The highest BCUT2D eigenvalue weighted by Crippen LogP contribution is 2.21. The first-order valence-electron chi connectivity index (χ1n) is 6.57. The lowest BCUT2D eigenvalue weighted by Gasteiger charge is -2.06. The van der Waals surface area contributed by atoms with Crippen molar-refractivity contribution in [2.45, 2.75) is 32.6 Å². The van der Waals surface area contributed by atoms with E-state index in [-0.39, 0.29) is 5.78 Å². The zero-order valence-electron chi connectivity index (χ0n) is 10.9. The van der Waals surface area contributed by atoms with E-state index in [4.69, 9.17) is 0 Å². The molecule has 2 heterocycles. The summed E-state index contributed by atoms with van der Waals surface area (Å²) in [7, 11) is 0. The molecule has 0 spiro atoms. The molecule has 0 fully saturated rings. The molecule has 0 atom stereocenters. The molecule has 0 saturated heterocycles.